The third-order valence-corrected chi connectivity index (χ3v) is 1.90. The highest BCUT2D eigenvalue weighted by Gasteiger charge is 2.18. The molecule has 0 rings (SSSR count). The standard InChI is InChI=1S/C11H24N2O3/c1-11(2,3)12-10(14)13(6-8-15-4)7-9-16-5/h6-9H2,1-5H3,(H,12,14). The normalized spacial score (nSPS) is 11.3. The molecule has 0 saturated heterocycles. The maximum atomic E-state index is 11.9. The molecule has 0 aliphatic carbocycles. The van der Waals surface area contributed by atoms with E-state index < -0.39 is 0 Å². The molecule has 0 aromatic rings. The lowest BCUT2D eigenvalue weighted by Crippen LogP contribution is -2.50. The molecule has 0 unspecified atom stereocenters. The predicted octanol–water partition coefficient (Wildman–Crippen LogP) is 1.09. The van der Waals surface area contributed by atoms with Crippen LogP contribution in [0.15, 0.2) is 0 Å². The summed E-state index contributed by atoms with van der Waals surface area (Å²) in [5.74, 6) is 0. The van der Waals surface area contributed by atoms with Crippen molar-refractivity contribution in [3.05, 3.63) is 0 Å². The fourth-order valence-electron chi connectivity index (χ4n) is 1.12. The fourth-order valence-corrected chi connectivity index (χ4v) is 1.12. The van der Waals surface area contributed by atoms with Crippen molar-refractivity contribution in [2.45, 2.75) is 26.3 Å². The van der Waals surface area contributed by atoms with Crippen LogP contribution in [0.3, 0.4) is 0 Å². The van der Waals surface area contributed by atoms with E-state index in [4.69, 9.17) is 9.47 Å². The molecule has 0 saturated carbocycles. The second-order valence-corrected chi connectivity index (χ2v) is 4.65. The number of methoxy groups -OCH3 is 2. The van der Waals surface area contributed by atoms with E-state index in [1.165, 1.54) is 0 Å². The Hall–Kier alpha value is -0.810. The molecule has 0 aliphatic rings. The van der Waals surface area contributed by atoms with Gasteiger partial charge in [0.2, 0.25) is 0 Å². The summed E-state index contributed by atoms with van der Waals surface area (Å²) in [5.41, 5.74) is -0.227. The first-order valence-corrected chi connectivity index (χ1v) is 5.45. The SMILES string of the molecule is COCCN(CCOC)C(=O)NC(C)(C)C. The average Bonchev–Trinajstić information content (AvgIpc) is 2.15. The second kappa shape index (κ2) is 7.46. The molecule has 0 fully saturated rings. The molecular weight excluding hydrogens is 208 g/mol. The Morgan fingerprint density at radius 1 is 1.12 bits per heavy atom. The lowest BCUT2D eigenvalue weighted by molar-refractivity contribution is 0.119. The average molecular weight is 232 g/mol. The zero-order valence-electron chi connectivity index (χ0n) is 11.0. The molecule has 0 aromatic carbocycles. The van der Waals surface area contributed by atoms with Gasteiger partial charge in [-0.2, -0.15) is 0 Å². The van der Waals surface area contributed by atoms with Crippen LogP contribution in [0, 0.1) is 0 Å². The molecule has 5 heteroatoms. The van der Waals surface area contributed by atoms with Gasteiger partial charge in [-0.25, -0.2) is 4.79 Å². The highest BCUT2D eigenvalue weighted by atomic mass is 16.5. The molecule has 0 aliphatic heterocycles. The molecule has 0 atom stereocenters. The van der Waals surface area contributed by atoms with Crippen molar-refractivity contribution in [3.8, 4) is 0 Å². The van der Waals surface area contributed by atoms with Crippen molar-refractivity contribution in [1.82, 2.24) is 10.2 Å². The van der Waals surface area contributed by atoms with Crippen molar-refractivity contribution >= 4 is 6.03 Å². The molecule has 0 heterocycles. The summed E-state index contributed by atoms with van der Waals surface area (Å²) in [6.07, 6.45) is 0. The first-order chi connectivity index (χ1) is 7.40. The van der Waals surface area contributed by atoms with E-state index in [1.54, 1.807) is 19.1 Å². The maximum Gasteiger partial charge on any atom is 0.317 e. The maximum absolute atomic E-state index is 11.9. The molecule has 16 heavy (non-hydrogen) atoms. The molecule has 5 nitrogen and oxygen atoms in total. The number of urea groups is 1. The van der Waals surface area contributed by atoms with E-state index in [0.29, 0.717) is 26.3 Å². The Balaban J connectivity index is 4.19. The van der Waals surface area contributed by atoms with Gasteiger partial charge in [-0.1, -0.05) is 0 Å². The number of ether oxygens (including phenoxy) is 2. The molecule has 96 valence electrons. The monoisotopic (exact) mass is 232 g/mol. The van der Waals surface area contributed by atoms with Gasteiger partial charge in [0.05, 0.1) is 13.2 Å². The number of nitrogens with zero attached hydrogens (tertiary/aromatic N) is 1. The molecule has 0 spiro atoms. The number of nitrogens with one attached hydrogen (secondary N) is 1. The van der Waals surface area contributed by atoms with Crippen LogP contribution in [-0.4, -0.2) is 57.0 Å². The van der Waals surface area contributed by atoms with Crippen molar-refractivity contribution in [2.24, 2.45) is 0 Å². The van der Waals surface area contributed by atoms with Gasteiger partial charge in [-0.15, -0.1) is 0 Å². The summed E-state index contributed by atoms with van der Waals surface area (Å²) in [4.78, 5) is 13.6. The minimum Gasteiger partial charge on any atom is -0.383 e. The van der Waals surface area contributed by atoms with Crippen molar-refractivity contribution in [2.75, 3.05) is 40.5 Å². The number of rotatable bonds is 6. The zero-order valence-corrected chi connectivity index (χ0v) is 11.0. The first kappa shape index (κ1) is 15.2. The van der Waals surface area contributed by atoms with Crippen molar-refractivity contribution < 1.29 is 14.3 Å². The molecule has 0 bridgehead atoms. The number of carbonyl (C=O) groups excluding carboxylic acids is 1. The van der Waals surface area contributed by atoms with E-state index in [1.807, 2.05) is 20.8 Å². The predicted molar refractivity (Wildman–Crippen MR) is 63.6 cm³/mol. The van der Waals surface area contributed by atoms with Gasteiger partial charge in [-0.3, -0.25) is 0 Å². The lowest BCUT2D eigenvalue weighted by atomic mass is 10.1. The Morgan fingerprint density at radius 3 is 1.88 bits per heavy atom. The van der Waals surface area contributed by atoms with Gasteiger partial charge in [0.25, 0.3) is 0 Å². The third-order valence-electron chi connectivity index (χ3n) is 1.90. The van der Waals surface area contributed by atoms with Gasteiger partial charge in [0.15, 0.2) is 0 Å². The van der Waals surface area contributed by atoms with Gasteiger partial charge >= 0.3 is 6.03 Å². The summed E-state index contributed by atoms with van der Waals surface area (Å²) in [6, 6.07) is -0.0819. The fraction of sp³-hybridized carbons (Fsp3) is 0.909. The Morgan fingerprint density at radius 2 is 1.56 bits per heavy atom. The van der Waals surface area contributed by atoms with Crippen LogP contribution in [0.2, 0.25) is 0 Å². The van der Waals surface area contributed by atoms with E-state index in [2.05, 4.69) is 5.32 Å². The van der Waals surface area contributed by atoms with E-state index in [9.17, 15) is 4.79 Å². The van der Waals surface area contributed by atoms with Crippen LogP contribution in [0.5, 0.6) is 0 Å². The quantitative estimate of drug-likeness (QED) is 0.746. The second-order valence-electron chi connectivity index (χ2n) is 4.65. The first-order valence-electron chi connectivity index (χ1n) is 5.45. The van der Waals surface area contributed by atoms with Crippen LogP contribution in [0.25, 0.3) is 0 Å². The summed E-state index contributed by atoms with van der Waals surface area (Å²) >= 11 is 0. The van der Waals surface area contributed by atoms with Crippen molar-refractivity contribution in [1.29, 1.82) is 0 Å². The van der Waals surface area contributed by atoms with E-state index >= 15 is 0 Å². The number of carbonyl (C=O) groups is 1. The van der Waals surface area contributed by atoms with Gasteiger partial charge < -0.3 is 19.7 Å². The molecule has 1 N–H and O–H groups in total. The summed E-state index contributed by atoms with van der Waals surface area (Å²) in [6.45, 7) is 8.06. The molecule has 0 aromatic heterocycles. The highest BCUT2D eigenvalue weighted by Crippen LogP contribution is 2.01. The number of hydrogen-bond acceptors (Lipinski definition) is 3. The van der Waals surface area contributed by atoms with E-state index in [0.717, 1.165) is 0 Å². The minimum absolute atomic E-state index is 0.0819. The smallest absolute Gasteiger partial charge is 0.317 e. The number of amides is 2. The minimum atomic E-state index is -0.227. The van der Waals surface area contributed by atoms with Crippen LogP contribution in [-0.2, 0) is 9.47 Å². The lowest BCUT2D eigenvalue weighted by Gasteiger charge is -2.28. The van der Waals surface area contributed by atoms with Gasteiger partial charge in [0, 0.05) is 32.8 Å². The third kappa shape index (κ3) is 7.48. The summed E-state index contributed by atoms with van der Waals surface area (Å²) in [7, 11) is 3.24. The van der Waals surface area contributed by atoms with E-state index in [-0.39, 0.29) is 11.6 Å². The Kier molecular flexibility index (Phi) is 7.08. The Bertz CT molecular complexity index is 194. The van der Waals surface area contributed by atoms with Crippen LogP contribution in [0.4, 0.5) is 4.79 Å². The molecule has 0 radical (unpaired) electrons. The van der Waals surface area contributed by atoms with Crippen LogP contribution < -0.4 is 5.32 Å². The highest BCUT2D eigenvalue weighted by molar-refractivity contribution is 5.74. The van der Waals surface area contributed by atoms with Crippen LogP contribution >= 0.6 is 0 Å². The molecule has 2 amide bonds. The molecular formula is C11H24N2O3. The topological polar surface area (TPSA) is 50.8 Å². The zero-order chi connectivity index (χ0) is 12.6. The van der Waals surface area contributed by atoms with Gasteiger partial charge in [0.1, 0.15) is 0 Å². The Labute approximate surface area is 98.1 Å². The summed E-state index contributed by atoms with van der Waals surface area (Å²) in [5, 5.41) is 2.91. The summed E-state index contributed by atoms with van der Waals surface area (Å²) < 4.78 is 9.94. The number of hydrogen-bond donors (Lipinski definition) is 1. The van der Waals surface area contributed by atoms with Crippen molar-refractivity contribution in [3.63, 3.8) is 0 Å². The van der Waals surface area contributed by atoms with Crippen LogP contribution in [0.1, 0.15) is 20.8 Å². The van der Waals surface area contributed by atoms with Gasteiger partial charge in [-0.05, 0) is 20.8 Å². The largest absolute Gasteiger partial charge is 0.383 e.